The summed E-state index contributed by atoms with van der Waals surface area (Å²) in [7, 11) is 0. The lowest BCUT2D eigenvalue weighted by Crippen LogP contribution is -2.17. The molecule has 138 valence electrons. The van der Waals surface area contributed by atoms with Gasteiger partial charge < -0.3 is 5.32 Å². The Hall–Kier alpha value is -2.08. The molecule has 0 bridgehead atoms. The number of anilines is 1. The number of fused-ring (bicyclic) bond motifs is 1. The van der Waals surface area contributed by atoms with Crippen molar-refractivity contribution in [2.45, 2.75) is 51.2 Å². The van der Waals surface area contributed by atoms with Crippen LogP contribution in [0.2, 0.25) is 0 Å². The van der Waals surface area contributed by atoms with E-state index in [2.05, 4.69) is 67.4 Å². The monoisotopic (exact) mass is 369 g/mol. The van der Waals surface area contributed by atoms with Gasteiger partial charge in [0, 0.05) is 5.56 Å². The minimum atomic E-state index is 0.177. The Morgan fingerprint density at radius 3 is 2.42 bits per heavy atom. The highest BCUT2D eigenvalue weighted by atomic mass is 32.2. The van der Waals surface area contributed by atoms with E-state index in [-0.39, 0.29) is 6.04 Å². The first kappa shape index (κ1) is 18.7. The smallest absolute Gasteiger partial charge is 0.228 e. The second kappa shape index (κ2) is 8.08. The summed E-state index contributed by atoms with van der Waals surface area (Å²) in [5.41, 5.74) is 3.29. The molecule has 0 aliphatic carbocycles. The van der Waals surface area contributed by atoms with Crippen molar-refractivity contribution in [2.24, 2.45) is 5.92 Å². The van der Waals surface area contributed by atoms with E-state index < -0.39 is 0 Å². The molecule has 1 aromatic carbocycles. The molecule has 0 aliphatic rings. The molecule has 1 atom stereocenters. The molecule has 0 unspecified atom stereocenters. The predicted molar refractivity (Wildman–Crippen MR) is 109 cm³/mol. The first-order valence-corrected chi connectivity index (χ1v) is 10.3. The van der Waals surface area contributed by atoms with E-state index in [1.807, 2.05) is 23.0 Å². The van der Waals surface area contributed by atoms with Crippen LogP contribution in [0, 0.1) is 5.92 Å². The Morgan fingerprint density at radius 1 is 1.08 bits per heavy atom. The van der Waals surface area contributed by atoms with Crippen molar-refractivity contribution in [1.29, 1.82) is 0 Å². The number of rotatable bonds is 7. The molecule has 2 heterocycles. The van der Waals surface area contributed by atoms with E-state index in [1.54, 1.807) is 11.8 Å². The predicted octanol–water partition coefficient (Wildman–Crippen LogP) is 5.17. The lowest BCUT2D eigenvalue weighted by atomic mass is 9.97. The average molecular weight is 370 g/mol. The number of benzene rings is 1. The highest BCUT2D eigenvalue weighted by Crippen LogP contribution is 2.28. The Kier molecular flexibility index (Phi) is 5.81. The van der Waals surface area contributed by atoms with Gasteiger partial charge in [0.15, 0.2) is 10.8 Å². The Labute approximate surface area is 159 Å². The summed E-state index contributed by atoms with van der Waals surface area (Å²) in [6.07, 6.45) is 4.93. The summed E-state index contributed by atoms with van der Waals surface area (Å²) in [4.78, 5) is 9.39. The Bertz CT molecular complexity index is 857. The molecule has 0 spiro atoms. The third kappa shape index (κ3) is 4.01. The highest BCUT2D eigenvalue weighted by Gasteiger charge is 2.19. The van der Waals surface area contributed by atoms with Crippen LogP contribution in [-0.2, 0) is 0 Å². The quantitative estimate of drug-likeness (QED) is 0.582. The molecule has 2 aromatic heterocycles. The SMILES string of the molecule is CSc1nc(N[C@@H](CC(C)C)c2ccccc2)n2ncc(C(C)C)c2n1. The van der Waals surface area contributed by atoms with Crippen LogP contribution in [0.25, 0.3) is 5.65 Å². The van der Waals surface area contributed by atoms with Gasteiger partial charge in [0.05, 0.1) is 12.2 Å². The zero-order valence-electron chi connectivity index (χ0n) is 16.1. The van der Waals surface area contributed by atoms with Crippen molar-refractivity contribution < 1.29 is 0 Å². The summed E-state index contributed by atoms with van der Waals surface area (Å²) in [6, 6.07) is 10.7. The van der Waals surface area contributed by atoms with Crippen molar-refractivity contribution >= 4 is 23.4 Å². The molecule has 0 saturated heterocycles. The molecule has 0 fully saturated rings. The Morgan fingerprint density at radius 2 is 1.81 bits per heavy atom. The second-order valence-corrected chi connectivity index (χ2v) is 8.03. The largest absolute Gasteiger partial charge is 0.347 e. The maximum atomic E-state index is 4.71. The molecule has 6 heteroatoms. The van der Waals surface area contributed by atoms with Crippen LogP contribution < -0.4 is 5.32 Å². The summed E-state index contributed by atoms with van der Waals surface area (Å²) >= 11 is 1.56. The molecule has 0 amide bonds. The lowest BCUT2D eigenvalue weighted by molar-refractivity contribution is 0.526. The molecule has 3 aromatic rings. The molecule has 0 aliphatic heterocycles. The Balaban J connectivity index is 2.05. The van der Waals surface area contributed by atoms with Gasteiger partial charge in [0.1, 0.15) is 0 Å². The molecular formula is C20H27N5S. The average Bonchev–Trinajstić information content (AvgIpc) is 3.05. The van der Waals surface area contributed by atoms with Gasteiger partial charge in [0.2, 0.25) is 5.95 Å². The van der Waals surface area contributed by atoms with E-state index in [9.17, 15) is 0 Å². The van der Waals surface area contributed by atoms with Gasteiger partial charge in [-0.15, -0.1) is 0 Å². The van der Waals surface area contributed by atoms with Gasteiger partial charge in [0.25, 0.3) is 0 Å². The van der Waals surface area contributed by atoms with E-state index in [0.29, 0.717) is 11.8 Å². The van der Waals surface area contributed by atoms with Crippen LogP contribution in [0.15, 0.2) is 41.7 Å². The van der Waals surface area contributed by atoms with Crippen LogP contribution in [-0.4, -0.2) is 25.8 Å². The number of aromatic nitrogens is 4. The number of hydrogen-bond acceptors (Lipinski definition) is 5. The van der Waals surface area contributed by atoms with Gasteiger partial charge in [-0.05, 0) is 30.1 Å². The second-order valence-electron chi connectivity index (χ2n) is 7.26. The van der Waals surface area contributed by atoms with Crippen molar-refractivity contribution in [1.82, 2.24) is 19.6 Å². The standard InChI is InChI=1S/C20H27N5S/c1-13(2)11-17(15-9-7-6-8-10-15)22-19-24-20(26-5)23-18-16(14(3)4)12-21-25(18)19/h6-10,12-14,17H,11H2,1-5H3,(H,22,23,24)/t17-/m0/s1. The summed E-state index contributed by atoms with van der Waals surface area (Å²) in [5.74, 6) is 1.68. The topological polar surface area (TPSA) is 55.1 Å². The first-order valence-electron chi connectivity index (χ1n) is 9.10. The van der Waals surface area contributed by atoms with Crippen molar-refractivity contribution in [3.63, 3.8) is 0 Å². The van der Waals surface area contributed by atoms with Crippen LogP contribution in [0.5, 0.6) is 0 Å². The first-order chi connectivity index (χ1) is 12.5. The lowest BCUT2D eigenvalue weighted by Gasteiger charge is -2.22. The summed E-state index contributed by atoms with van der Waals surface area (Å²) in [6.45, 7) is 8.81. The molecule has 0 saturated carbocycles. The van der Waals surface area contributed by atoms with Crippen LogP contribution in [0.1, 0.15) is 57.2 Å². The van der Waals surface area contributed by atoms with Crippen LogP contribution in [0.3, 0.4) is 0 Å². The molecule has 26 heavy (non-hydrogen) atoms. The molecular weight excluding hydrogens is 342 g/mol. The highest BCUT2D eigenvalue weighted by molar-refractivity contribution is 7.98. The van der Waals surface area contributed by atoms with E-state index in [0.717, 1.165) is 28.7 Å². The van der Waals surface area contributed by atoms with Crippen LogP contribution >= 0.6 is 11.8 Å². The van der Waals surface area contributed by atoms with Gasteiger partial charge >= 0.3 is 0 Å². The van der Waals surface area contributed by atoms with Gasteiger partial charge in [-0.3, -0.25) is 0 Å². The van der Waals surface area contributed by atoms with E-state index in [4.69, 9.17) is 4.98 Å². The third-order valence-corrected chi connectivity index (χ3v) is 4.94. The fourth-order valence-corrected chi connectivity index (χ4v) is 3.41. The minimum Gasteiger partial charge on any atom is -0.347 e. The number of thioether (sulfide) groups is 1. The third-order valence-electron chi connectivity index (χ3n) is 4.39. The van der Waals surface area contributed by atoms with Gasteiger partial charge in [-0.25, -0.2) is 4.98 Å². The van der Waals surface area contributed by atoms with Crippen molar-refractivity contribution in [3.05, 3.63) is 47.7 Å². The van der Waals surface area contributed by atoms with Gasteiger partial charge in [-0.2, -0.15) is 14.6 Å². The summed E-state index contributed by atoms with van der Waals surface area (Å²) in [5, 5.41) is 8.96. The maximum Gasteiger partial charge on any atom is 0.228 e. The molecule has 0 radical (unpaired) electrons. The zero-order chi connectivity index (χ0) is 18.7. The van der Waals surface area contributed by atoms with Gasteiger partial charge in [-0.1, -0.05) is 69.8 Å². The molecule has 1 N–H and O–H groups in total. The number of nitrogens with one attached hydrogen (secondary N) is 1. The normalized spacial score (nSPS) is 12.9. The molecule has 3 rings (SSSR count). The number of hydrogen-bond donors (Lipinski definition) is 1. The van der Waals surface area contributed by atoms with Crippen LogP contribution in [0.4, 0.5) is 5.95 Å². The minimum absolute atomic E-state index is 0.177. The molecule has 5 nitrogen and oxygen atoms in total. The maximum absolute atomic E-state index is 4.71. The van der Waals surface area contributed by atoms with E-state index in [1.165, 1.54) is 5.56 Å². The zero-order valence-corrected chi connectivity index (χ0v) is 16.9. The fraction of sp³-hybridized carbons (Fsp3) is 0.450. The van der Waals surface area contributed by atoms with E-state index >= 15 is 0 Å². The number of nitrogens with zero attached hydrogens (tertiary/aromatic N) is 4. The summed E-state index contributed by atoms with van der Waals surface area (Å²) < 4.78 is 1.84. The van der Waals surface area contributed by atoms with Crippen molar-refractivity contribution in [3.8, 4) is 0 Å². The van der Waals surface area contributed by atoms with Crippen molar-refractivity contribution in [2.75, 3.05) is 11.6 Å². The fourth-order valence-electron chi connectivity index (χ4n) is 3.06.